The molecular weight excluding hydrogens is 306 g/mol. The first-order valence-corrected chi connectivity index (χ1v) is 9.19. The number of piperidine rings is 1. The number of hydrogen-bond acceptors (Lipinski definition) is 4. The maximum Gasteiger partial charge on any atom is 0.315 e. The van der Waals surface area contributed by atoms with Crippen molar-refractivity contribution in [2.24, 2.45) is 0 Å². The second-order valence-corrected chi connectivity index (χ2v) is 7.67. The van der Waals surface area contributed by atoms with Crippen molar-refractivity contribution in [2.45, 2.75) is 38.4 Å². The van der Waals surface area contributed by atoms with Crippen LogP contribution in [0.4, 0.5) is 4.79 Å². The van der Waals surface area contributed by atoms with Gasteiger partial charge in [-0.3, -0.25) is 4.68 Å². The lowest BCUT2D eigenvalue weighted by Crippen LogP contribution is -2.50. The van der Waals surface area contributed by atoms with Gasteiger partial charge < -0.3 is 10.6 Å². The zero-order valence-corrected chi connectivity index (χ0v) is 13.7. The fourth-order valence-corrected chi connectivity index (χ4v) is 3.39. The molecule has 0 unspecified atom stereocenters. The molecule has 2 N–H and O–H groups in total. The summed E-state index contributed by atoms with van der Waals surface area (Å²) in [6.07, 6.45) is 6.02. The van der Waals surface area contributed by atoms with Crippen molar-refractivity contribution in [3.05, 3.63) is 18.5 Å². The molecule has 1 aromatic rings. The van der Waals surface area contributed by atoms with Gasteiger partial charge in [0.05, 0.1) is 12.8 Å². The molecular formula is C13H23N5O3S. The van der Waals surface area contributed by atoms with E-state index in [1.165, 1.54) is 10.6 Å². The number of aromatic nitrogens is 2. The van der Waals surface area contributed by atoms with Gasteiger partial charge in [-0.1, -0.05) is 0 Å². The Morgan fingerprint density at radius 1 is 1.41 bits per heavy atom. The van der Waals surface area contributed by atoms with Crippen LogP contribution in [0, 0.1) is 0 Å². The predicted molar refractivity (Wildman–Crippen MR) is 82.8 cm³/mol. The Balaban J connectivity index is 1.72. The molecule has 2 heterocycles. The van der Waals surface area contributed by atoms with Gasteiger partial charge in [-0.2, -0.15) is 5.10 Å². The molecule has 22 heavy (non-hydrogen) atoms. The number of hydrogen-bond donors (Lipinski definition) is 2. The van der Waals surface area contributed by atoms with Crippen LogP contribution in [0.5, 0.6) is 0 Å². The molecule has 2 rings (SSSR count). The van der Waals surface area contributed by atoms with Gasteiger partial charge in [-0.05, 0) is 25.8 Å². The molecule has 0 radical (unpaired) electrons. The van der Waals surface area contributed by atoms with Crippen LogP contribution in [-0.2, 0) is 16.6 Å². The van der Waals surface area contributed by atoms with E-state index in [4.69, 9.17) is 0 Å². The van der Waals surface area contributed by atoms with Crippen molar-refractivity contribution >= 4 is 16.1 Å². The van der Waals surface area contributed by atoms with Gasteiger partial charge in [0, 0.05) is 37.6 Å². The average molecular weight is 329 g/mol. The van der Waals surface area contributed by atoms with E-state index < -0.39 is 10.0 Å². The van der Waals surface area contributed by atoms with Gasteiger partial charge in [0.2, 0.25) is 10.0 Å². The van der Waals surface area contributed by atoms with Gasteiger partial charge in [-0.15, -0.1) is 0 Å². The summed E-state index contributed by atoms with van der Waals surface area (Å²) in [5.41, 5.74) is 0. The Kier molecular flexibility index (Phi) is 5.41. The minimum atomic E-state index is -3.13. The van der Waals surface area contributed by atoms with Crippen LogP contribution in [0.15, 0.2) is 18.5 Å². The monoisotopic (exact) mass is 329 g/mol. The molecule has 9 heteroatoms. The lowest BCUT2D eigenvalue weighted by molar-refractivity contribution is 0.223. The Hall–Kier alpha value is -1.61. The molecule has 1 saturated heterocycles. The lowest BCUT2D eigenvalue weighted by atomic mass is 10.1. The highest BCUT2D eigenvalue weighted by Crippen LogP contribution is 2.13. The van der Waals surface area contributed by atoms with Crippen LogP contribution < -0.4 is 10.6 Å². The molecule has 1 aliphatic rings. The molecule has 2 amide bonds. The average Bonchev–Trinajstić information content (AvgIpc) is 2.90. The second kappa shape index (κ2) is 7.10. The van der Waals surface area contributed by atoms with Crippen molar-refractivity contribution < 1.29 is 13.2 Å². The first-order valence-electron chi connectivity index (χ1n) is 7.34. The van der Waals surface area contributed by atoms with Crippen LogP contribution >= 0.6 is 0 Å². The van der Waals surface area contributed by atoms with E-state index in [0.29, 0.717) is 32.5 Å². The second-order valence-electron chi connectivity index (χ2n) is 5.68. The van der Waals surface area contributed by atoms with E-state index in [2.05, 4.69) is 15.7 Å². The smallest absolute Gasteiger partial charge is 0.315 e. The summed E-state index contributed by atoms with van der Waals surface area (Å²) in [7, 11) is -3.13. The van der Waals surface area contributed by atoms with Gasteiger partial charge in [0.25, 0.3) is 0 Å². The summed E-state index contributed by atoms with van der Waals surface area (Å²) in [5, 5.41) is 9.86. The molecule has 0 aliphatic carbocycles. The van der Waals surface area contributed by atoms with E-state index in [1.807, 2.05) is 19.2 Å². The fraction of sp³-hybridized carbons (Fsp3) is 0.692. The summed E-state index contributed by atoms with van der Waals surface area (Å²) in [6.45, 7) is 3.42. The molecule has 0 aromatic carbocycles. The standard InChI is InChI=1S/C13H23N5O3S/c1-11(10-17-7-3-6-14-17)15-13(19)16-12-4-8-18(9-5-12)22(2,20)21/h3,6-7,11-12H,4-5,8-10H2,1-2H3,(H2,15,16,19)/t11-/m1/s1. The highest BCUT2D eigenvalue weighted by atomic mass is 32.2. The zero-order valence-electron chi connectivity index (χ0n) is 12.9. The highest BCUT2D eigenvalue weighted by molar-refractivity contribution is 7.88. The van der Waals surface area contributed by atoms with Gasteiger partial charge in [-0.25, -0.2) is 17.5 Å². The minimum absolute atomic E-state index is 0.00917. The summed E-state index contributed by atoms with van der Waals surface area (Å²) >= 11 is 0. The van der Waals surface area contributed by atoms with Crippen LogP contribution in [-0.4, -0.2) is 60.0 Å². The Morgan fingerprint density at radius 3 is 2.64 bits per heavy atom. The number of nitrogens with zero attached hydrogens (tertiary/aromatic N) is 3. The van der Waals surface area contributed by atoms with Crippen molar-refractivity contribution in [3.8, 4) is 0 Å². The maximum atomic E-state index is 11.9. The number of carbonyl (C=O) groups excluding carboxylic acids is 1. The molecule has 1 atom stereocenters. The van der Waals surface area contributed by atoms with E-state index in [-0.39, 0.29) is 18.1 Å². The van der Waals surface area contributed by atoms with Gasteiger partial charge in [0.1, 0.15) is 0 Å². The number of urea groups is 1. The summed E-state index contributed by atoms with van der Waals surface area (Å²) < 4.78 is 26.1. The highest BCUT2D eigenvalue weighted by Gasteiger charge is 2.25. The molecule has 0 bridgehead atoms. The topological polar surface area (TPSA) is 96.3 Å². The third kappa shape index (κ3) is 4.99. The van der Waals surface area contributed by atoms with Gasteiger partial charge in [0.15, 0.2) is 0 Å². The van der Waals surface area contributed by atoms with E-state index in [9.17, 15) is 13.2 Å². The van der Waals surface area contributed by atoms with E-state index in [1.54, 1.807) is 10.9 Å². The Bertz CT molecular complexity index is 579. The molecule has 1 aromatic heterocycles. The largest absolute Gasteiger partial charge is 0.335 e. The number of carbonyl (C=O) groups is 1. The molecule has 0 spiro atoms. The molecule has 1 fully saturated rings. The molecule has 0 saturated carbocycles. The van der Waals surface area contributed by atoms with Crippen LogP contribution in [0.25, 0.3) is 0 Å². The number of sulfonamides is 1. The number of rotatable bonds is 5. The van der Waals surface area contributed by atoms with Crippen molar-refractivity contribution in [3.63, 3.8) is 0 Å². The lowest BCUT2D eigenvalue weighted by Gasteiger charge is -2.30. The third-order valence-electron chi connectivity index (χ3n) is 3.66. The SMILES string of the molecule is C[C@H](Cn1cccn1)NC(=O)NC1CCN(S(C)(=O)=O)CC1. The number of nitrogens with one attached hydrogen (secondary N) is 2. The van der Waals surface area contributed by atoms with E-state index in [0.717, 1.165) is 0 Å². The van der Waals surface area contributed by atoms with Crippen molar-refractivity contribution in [1.29, 1.82) is 0 Å². The number of amides is 2. The van der Waals surface area contributed by atoms with Crippen LogP contribution in [0.3, 0.4) is 0 Å². The third-order valence-corrected chi connectivity index (χ3v) is 4.96. The maximum absolute atomic E-state index is 11.9. The normalized spacial score (nSPS) is 18.8. The van der Waals surface area contributed by atoms with Crippen LogP contribution in [0.1, 0.15) is 19.8 Å². The minimum Gasteiger partial charge on any atom is -0.335 e. The van der Waals surface area contributed by atoms with Crippen molar-refractivity contribution in [1.82, 2.24) is 24.7 Å². The molecule has 1 aliphatic heterocycles. The zero-order chi connectivity index (χ0) is 16.2. The Labute approximate surface area is 130 Å². The van der Waals surface area contributed by atoms with Gasteiger partial charge >= 0.3 is 6.03 Å². The first kappa shape index (κ1) is 16.8. The first-order chi connectivity index (χ1) is 10.3. The Morgan fingerprint density at radius 2 is 2.09 bits per heavy atom. The predicted octanol–water partition coefficient (Wildman–Crippen LogP) is -0.00520. The molecule has 8 nitrogen and oxygen atoms in total. The summed E-state index contributed by atoms with van der Waals surface area (Å²) in [4.78, 5) is 11.9. The molecule has 124 valence electrons. The fourth-order valence-electron chi connectivity index (χ4n) is 2.52. The summed E-state index contributed by atoms with van der Waals surface area (Å²) in [5.74, 6) is 0. The summed E-state index contributed by atoms with van der Waals surface area (Å²) in [6, 6.07) is 1.57. The van der Waals surface area contributed by atoms with Crippen LogP contribution in [0.2, 0.25) is 0 Å². The quantitative estimate of drug-likeness (QED) is 0.794. The van der Waals surface area contributed by atoms with Crippen molar-refractivity contribution in [2.75, 3.05) is 19.3 Å². The van der Waals surface area contributed by atoms with E-state index >= 15 is 0 Å².